The zero-order valence-corrected chi connectivity index (χ0v) is 7.02. The lowest BCUT2D eigenvalue weighted by Crippen LogP contribution is -1.82. The molecule has 0 unspecified atom stereocenters. The molecule has 0 saturated carbocycles. The van der Waals surface area contributed by atoms with Crippen molar-refractivity contribution in [1.29, 1.82) is 5.26 Å². The Morgan fingerprint density at radius 2 is 2.27 bits per heavy atom. The van der Waals surface area contributed by atoms with Crippen LogP contribution in [0.4, 0.5) is 0 Å². The standard InChI is InChI=1S/C9H8ClN/c1-2-7-3-4-8(6-11)9(10)5-7/h3-5H,2H2,1H3. The number of nitriles is 1. The number of benzene rings is 1. The van der Waals surface area contributed by atoms with E-state index in [1.165, 1.54) is 0 Å². The van der Waals surface area contributed by atoms with Crippen molar-refractivity contribution >= 4 is 11.6 Å². The average Bonchev–Trinajstić information content (AvgIpc) is 2.04. The van der Waals surface area contributed by atoms with Gasteiger partial charge in [-0.3, -0.25) is 0 Å². The molecule has 0 amide bonds. The molecule has 0 saturated heterocycles. The number of hydrogen-bond acceptors (Lipinski definition) is 1. The molecule has 1 aromatic carbocycles. The van der Waals surface area contributed by atoms with E-state index >= 15 is 0 Å². The molecule has 0 aliphatic rings. The summed E-state index contributed by atoms with van der Waals surface area (Å²) in [5.41, 5.74) is 1.71. The summed E-state index contributed by atoms with van der Waals surface area (Å²) in [7, 11) is 0. The first-order valence-corrected chi connectivity index (χ1v) is 3.84. The number of hydrogen-bond donors (Lipinski definition) is 0. The molecular weight excluding hydrogens is 158 g/mol. The van der Waals surface area contributed by atoms with Crippen LogP contribution in [0.15, 0.2) is 18.2 Å². The fourth-order valence-corrected chi connectivity index (χ4v) is 1.11. The van der Waals surface area contributed by atoms with E-state index in [2.05, 4.69) is 6.92 Å². The maximum Gasteiger partial charge on any atom is 0.101 e. The van der Waals surface area contributed by atoms with Gasteiger partial charge in [-0.1, -0.05) is 24.6 Å². The second-order valence-corrected chi connectivity index (χ2v) is 2.69. The normalized spacial score (nSPS) is 9.18. The first kappa shape index (κ1) is 8.10. The summed E-state index contributed by atoms with van der Waals surface area (Å²) in [4.78, 5) is 0. The van der Waals surface area contributed by atoms with Crippen molar-refractivity contribution in [3.8, 4) is 6.07 Å². The van der Waals surface area contributed by atoms with Gasteiger partial charge in [0.25, 0.3) is 0 Å². The second-order valence-electron chi connectivity index (χ2n) is 2.28. The third-order valence-electron chi connectivity index (χ3n) is 1.56. The van der Waals surface area contributed by atoms with Crippen molar-refractivity contribution in [1.82, 2.24) is 0 Å². The number of halogens is 1. The highest BCUT2D eigenvalue weighted by Gasteiger charge is 1.98. The van der Waals surface area contributed by atoms with Gasteiger partial charge in [-0.25, -0.2) is 0 Å². The Labute approximate surface area is 71.2 Å². The molecule has 0 N–H and O–H groups in total. The Hall–Kier alpha value is -1.00. The van der Waals surface area contributed by atoms with Crippen LogP contribution in [0.1, 0.15) is 18.1 Å². The predicted octanol–water partition coefficient (Wildman–Crippen LogP) is 2.77. The van der Waals surface area contributed by atoms with Gasteiger partial charge in [-0.15, -0.1) is 0 Å². The van der Waals surface area contributed by atoms with Crippen molar-refractivity contribution < 1.29 is 0 Å². The summed E-state index contributed by atoms with van der Waals surface area (Å²) in [6, 6.07) is 7.52. The van der Waals surface area contributed by atoms with Crippen LogP contribution in [0.5, 0.6) is 0 Å². The third kappa shape index (κ3) is 1.72. The van der Waals surface area contributed by atoms with Gasteiger partial charge in [-0.2, -0.15) is 5.26 Å². The predicted molar refractivity (Wildman–Crippen MR) is 45.5 cm³/mol. The van der Waals surface area contributed by atoms with E-state index in [4.69, 9.17) is 16.9 Å². The molecular formula is C9H8ClN. The summed E-state index contributed by atoms with van der Waals surface area (Å²) >= 11 is 5.79. The maximum atomic E-state index is 8.55. The zero-order valence-electron chi connectivity index (χ0n) is 6.26. The second kappa shape index (κ2) is 3.41. The Morgan fingerprint density at radius 3 is 2.73 bits per heavy atom. The molecule has 56 valence electrons. The molecule has 0 radical (unpaired) electrons. The molecule has 0 bridgehead atoms. The molecule has 11 heavy (non-hydrogen) atoms. The molecule has 0 atom stereocenters. The topological polar surface area (TPSA) is 23.8 Å². The highest BCUT2D eigenvalue weighted by atomic mass is 35.5. The molecule has 0 aliphatic heterocycles. The minimum Gasteiger partial charge on any atom is -0.192 e. The van der Waals surface area contributed by atoms with Crippen LogP contribution in [-0.4, -0.2) is 0 Å². The lowest BCUT2D eigenvalue weighted by Gasteiger charge is -1.97. The van der Waals surface area contributed by atoms with Crippen molar-refractivity contribution in [2.75, 3.05) is 0 Å². The van der Waals surface area contributed by atoms with E-state index in [0.717, 1.165) is 12.0 Å². The first-order valence-electron chi connectivity index (χ1n) is 3.46. The minimum atomic E-state index is 0.545. The summed E-state index contributed by atoms with van der Waals surface area (Å²) in [5.74, 6) is 0. The average molecular weight is 166 g/mol. The molecule has 2 heteroatoms. The first-order chi connectivity index (χ1) is 5.27. The maximum absolute atomic E-state index is 8.55. The minimum absolute atomic E-state index is 0.545. The fourth-order valence-electron chi connectivity index (χ4n) is 0.869. The quantitative estimate of drug-likeness (QED) is 0.628. The highest BCUT2D eigenvalue weighted by molar-refractivity contribution is 6.31. The molecule has 0 heterocycles. The molecule has 1 aromatic rings. The van der Waals surface area contributed by atoms with Crippen LogP contribution in [0.3, 0.4) is 0 Å². The van der Waals surface area contributed by atoms with Crippen molar-refractivity contribution in [2.45, 2.75) is 13.3 Å². The van der Waals surface area contributed by atoms with Gasteiger partial charge in [0.1, 0.15) is 6.07 Å². The van der Waals surface area contributed by atoms with E-state index in [0.29, 0.717) is 10.6 Å². The summed E-state index contributed by atoms with van der Waals surface area (Å²) in [6.45, 7) is 2.05. The molecule has 0 spiro atoms. The van der Waals surface area contributed by atoms with E-state index in [1.807, 2.05) is 18.2 Å². The smallest absolute Gasteiger partial charge is 0.101 e. The summed E-state index contributed by atoms with van der Waals surface area (Å²) < 4.78 is 0. The molecule has 0 fully saturated rings. The zero-order chi connectivity index (χ0) is 8.27. The summed E-state index contributed by atoms with van der Waals surface area (Å²) in [6.07, 6.45) is 0.950. The van der Waals surface area contributed by atoms with E-state index in [1.54, 1.807) is 6.07 Å². The van der Waals surface area contributed by atoms with Crippen molar-refractivity contribution in [3.05, 3.63) is 34.3 Å². The number of rotatable bonds is 1. The van der Waals surface area contributed by atoms with Gasteiger partial charge in [0.2, 0.25) is 0 Å². The monoisotopic (exact) mass is 165 g/mol. The molecule has 1 rings (SSSR count). The van der Waals surface area contributed by atoms with Crippen LogP contribution in [0.2, 0.25) is 5.02 Å². The lowest BCUT2D eigenvalue weighted by atomic mass is 10.1. The Morgan fingerprint density at radius 1 is 1.55 bits per heavy atom. The lowest BCUT2D eigenvalue weighted by molar-refractivity contribution is 1.14. The van der Waals surface area contributed by atoms with Crippen LogP contribution in [0, 0.1) is 11.3 Å². The van der Waals surface area contributed by atoms with Crippen LogP contribution >= 0.6 is 11.6 Å². The summed E-state index contributed by atoms with van der Waals surface area (Å²) in [5, 5.41) is 9.10. The SMILES string of the molecule is CCc1ccc(C#N)c(Cl)c1. The Balaban J connectivity index is 3.12. The van der Waals surface area contributed by atoms with Gasteiger partial charge < -0.3 is 0 Å². The third-order valence-corrected chi connectivity index (χ3v) is 1.87. The fraction of sp³-hybridized carbons (Fsp3) is 0.222. The largest absolute Gasteiger partial charge is 0.192 e. The number of nitrogens with zero attached hydrogens (tertiary/aromatic N) is 1. The molecule has 1 nitrogen and oxygen atoms in total. The van der Waals surface area contributed by atoms with Gasteiger partial charge in [-0.05, 0) is 24.1 Å². The Bertz CT molecular complexity index is 299. The highest BCUT2D eigenvalue weighted by Crippen LogP contribution is 2.16. The van der Waals surface area contributed by atoms with Crippen molar-refractivity contribution in [3.63, 3.8) is 0 Å². The Kier molecular flexibility index (Phi) is 2.51. The van der Waals surface area contributed by atoms with Gasteiger partial charge in [0, 0.05) is 0 Å². The van der Waals surface area contributed by atoms with Gasteiger partial charge >= 0.3 is 0 Å². The van der Waals surface area contributed by atoms with Gasteiger partial charge in [0.05, 0.1) is 10.6 Å². The number of aryl methyl sites for hydroxylation is 1. The van der Waals surface area contributed by atoms with Crippen LogP contribution in [-0.2, 0) is 6.42 Å². The van der Waals surface area contributed by atoms with E-state index in [9.17, 15) is 0 Å². The van der Waals surface area contributed by atoms with E-state index in [-0.39, 0.29) is 0 Å². The molecule has 0 aromatic heterocycles. The molecule has 0 aliphatic carbocycles. The van der Waals surface area contributed by atoms with E-state index < -0.39 is 0 Å². The van der Waals surface area contributed by atoms with Crippen LogP contribution < -0.4 is 0 Å². The van der Waals surface area contributed by atoms with Crippen molar-refractivity contribution in [2.24, 2.45) is 0 Å². The van der Waals surface area contributed by atoms with Crippen LogP contribution in [0.25, 0.3) is 0 Å². The van der Waals surface area contributed by atoms with Gasteiger partial charge in [0.15, 0.2) is 0 Å².